The van der Waals surface area contributed by atoms with Gasteiger partial charge in [-0.2, -0.15) is 0 Å². The van der Waals surface area contributed by atoms with Crippen LogP contribution in [0.25, 0.3) is 0 Å². The zero-order valence-electron chi connectivity index (χ0n) is 8.97. The minimum Gasteiger partial charge on any atom is -0.495 e. The van der Waals surface area contributed by atoms with Crippen LogP contribution in [0.1, 0.15) is 12.0 Å². The van der Waals surface area contributed by atoms with Crippen molar-refractivity contribution in [2.24, 2.45) is 0 Å². The van der Waals surface area contributed by atoms with Crippen LogP contribution in [0, 0.1) is 22.0 Å². The van der Waals surface area contributed by atoms with Crippen molar-refractivity contribution in [2.75, 3.05) is 7.11 Å². The van der Waals surface area contributed by atoms with Gasteiger partial charge in [0.25, 0.3) is 5.69 Å². The zero-order chi connectivity index (χ0) is 12.8. The van der Waals surface area contributed by atoms with Crippen LogP contribution in [-0.2, 0) is 4.79 Å². The van der Waals surface area contributed by atoms with Gasteiger partial charge < -0.3 is 9.84 Å². The second-order valence-corrected chi connectivity index (χ2v) is 2.98. The van der Waals surface area contributed by atoms with Crippen molar-refractivity contribution in [1.82, 2.24) is 0 Å². The van der Waals surface area contributed by atoms with Gasteiger partial charge in [0.1, 0.15) is 17.7 Å². The largest absolute Gasteiger partial charge is 0.495 e. The van der Waals surface area contributed by atoms with Crippen LogP contribution in [0.3, 0.4) is 0 Å². The standard InChI is InChI=1S/C11H9NO5/c1-17-10-6-3-5-9(12(15)16)8(10)4-2-7-11(13)14/h3,5-6H,7H2,1H3,(H,13,14). The van der Waals surface area contributed by atoms with E-state index in [4.69, 9.17) is 9.84 Å². The highest BCUT2D eigenvalue weighted by molar-refractivity contribution is 5.71. The van der Waals surface area contributed by atoms with Crippen molar-refractivity contribution >= 4 is 11.7 Å². The minimum atomic E-state index is -1.09. The first-order chi connectivity index (χ1) is 8.06. The molecule has 1 aromatic rings. The molecule has 0 aliphatic rings. The minimum absolute atomic E-state index is 0.0845. The molecule has 0 spiro atoms. The highest BCUT2D eigenvalue weighted by atomic mass is 16.6. The van der Waals surface area contributed by atoms with Crippen molar-refractivity contribution in [3.8, 4) is 17.6 Å². The van der Waals surface area contributed by atoms with E-state index in [1.165, 1.54) is 25.3 Å². The molecule has 0 radical (unpaired) electrons. The summed E-state index contributed by atoms with van der Waals surface area (Å²) in [7, 11) is 1.36. The molecule has 1 N–H and O–H groups in total. The maximum atomic E-state index is 10.8. The number of benzene rings is 1. The Hall–Kier alpha value is -2.55. The van der Waals surface area contributed by atoms with Crippen LogP contribution in [0.15, 0.2) is 18.2 Å². The summed E-state index contributed by atoms with van der Waals surface area (Å²) in [5, 5.41) is 19.2. The van der Waals surface area contributed by atoms with Crippen LogP contribution in [0.2, 0.25) is 0 Å². The van der Waals surface area contributed by atoms with E-state index < -0.39 is 10.9 Å². The molecule has 0 atom stereocenters. The fraction of sp³-hybridized carbons (Fsp3) is 0.182. The van der Waals surface area contributed by atoms with Crippen LogP contribution < -0.4 is 4.74 Å². The lowest BCUT2D eigenvalue weighted by Gasteiger charge is -2.02. The van der Waals surface area contributed by atoms with Crippen LogP contribution in [-0.4, -0.2) is 23.1 Å². The predicted molar refractivity (Wildman–Crippen MR) is 58.8 cm³/mol. The average Bonchev–Trinajstić information content (AvgIpc) is 2.28. The Balaban J connectivity index is 3.21. The molecule has 0 heterocycles. The normalized spacial score (nSPS) is 9.00. The number of nitro benzene ring substituents is 1. The second-order valence-electron chi connectivity index (χ2n) is 2.98. The Morgan fingerprint density at radius 1 is 1.59 bits per heavy atom. The highest BCUT2D eigenvalue weighted by Gasteiger charge is 2.15. The molecule has 0 aliphatic carbocycles. The first-order valence-electron chi connectivity index (χ1n) is 4.58. The van der Waals surface area contributed by atoms with Crippen LogP contribution in [0.4, 0.5) is 5.69 Å². The van der Waals surface area contributed by atoms with Gasteiger partial charge in [-0.15, -0.1) is 0 Å². The Kier molecular flexibility index (Phi) is 4.06. The number of carbonyl (C=O) groups is 1. The van der Waals surface area contributed by atoms with Gasteiger partial charge in [-0.3, -0.25) is 14.9 Å². The molecule has 0 fully saturated rings. The van der Waals surface area contributed by atoms with Crippen molar-refractivity contribution in [2.45, 2.75) is 6.42 Å². The molecule has 0 unspecified atom stereocenters. The summed E-state index contributed by atoms with van der Waals surface area (Å²) in [6.07, 6.45) is -0.380. The van der Waals surface area contributed by atoms with Gasteiger partial charge in [0.2, 0.25) is 0 Å². The number of carboxylic acid groups (broad SMARTS) is 1. The molecular weight excluding hydrogens is 226 g/mol. The SMILES string of the molecule is COc1cccc([N+](=O)[O-])c1C#CCC(=O)O. The molecule has 0 saturated carbocycles. The Bertz CT molecular complexity index is 512. The molecule has 88 valence electrons. The lowest BCUT2D eigenvalue weighted by atomic mass is 10.1. The maximum Gasteiger partial charge on any atom is 0.315 e. The molecule has 1 rings (SSSR count). The van der Waals surface area contributed by atoms with Gasteiger partial charge in [0, 0.05) is 6.07 Å². The number of hydrogen-bond donors (Lipinski definition) is 1. The number of aliphatic carboxylic acids is 1. The monoisotopic (exact) mass is 235 g/mol. The lowest BCUT2D eigenvalue weighted by molar-refractivity contribution is -0.385. The van der Waals surface area contributed by atoms with E-state index in [9.17, 15) is 14.9 Å². The fourth-order valence-corrected chi connectivity index (χ4v) is 1.18. The Morgan fingerprint density at radius 3 is 2.82 bits per heavy atom. The lowest BCUT2D eigenvalue weighted by Crippen LogP contribution is -1.96. The summed E-state index contributed by atoms with van der Waals surface area (Å²) in [6.45, 7) is 0. The number of ether oxygens (including phenoxy) is 1. The topological polar surface area (TPSA) is 89.7 Å². The molecule has 0 bridgehead atoms. The second kappa shape index (κ2) is 5.51. The number of rotatable bonds is 3. The Morgan fingerprint density at radius 2 is 2.29 bits per heavy atom. The van der Waals surface area contributed by atoms with E-state index >= 15 is 0 Å². The highest BCUT2D eigenvalue weighted by Crippen LogP contribution is 2.26. The summed E-state index contributed by atoms with van der Waals surface area (Å²) in [4.78, 5) is 20.5. The maximum absolute atomic E-state index is 10.8. The van der Waals surface area contributed by atoms with Crippen LogP contribution >= 0.6 is 0 Å². The van der Waals surface area contributed by atoms with E-state index in [2.05, 4.69) is 11.8 Å². The third-order valence-electron chi connectivity index (χ3n) is 1.87. The van der Waals surface area contributed by atoms with E-state index in [1.807, 2.05) is 0 Å². The van der Waals surface area contributed by atoms with Gasteiger partial charge in [0.05, 0.1) is 12.0 Å². The van der Waals surface area contributed by atoms with Gasteiger partial charge in [-0.25, -0.2) is 0 Å². The molecule has 6 nitrogen and oxygen atoms in total. The molecule has 0 amide bonds. The molecule has 0 aromatic heterocycles. The third-order valence-corrected chi connectivity index (χ3v) is 1.87. The van der Waals surface area contributed by atoms with Gasteiger partial charge >= 0.3 is 5.97 Å². The zero-order valence-corrected chi connectivity index (χ0v) is 8.97. The first kappa shape index (κ1) is 12.5. The number of hydrogen-bond acceptors (Lipinski definition) is 4. The smallest absolute Gasteiger partial charge is 0.315 e. The van der Waals surface area contributed by atoms with E-state index in [0.29, 0.717) is 0 Å². The summed E-state index contributed by atoms with van der Waals surface area (Å²) < 4.78 is 4.94. The van der Waals surface area contributed by atoms with E-state index in [1.54, 1.807) is 0 Å². The predicted octanol–water partition coefficient (Wildman–Crippen LogP) is 1.43. The van der Waals surface area contributed by atoms with Crippen molar-refractivity contribution < 1.29 is 19.6 Å². The summed E-state index contributed by atoms with van der Waals surface area (Å²) >= 11 is 0. The summed E-state index contributed by atoms with van der Waals surface area (Å²) in [6, 6.07) is 4.28. The fourth-order valence-electron chi connectivity index (χ4n) is 1.18. The quantitative estimate of drug-likeness (QED) is 0.486. The van der Waals surface area contributed by atoms with Crippen molar-refractivity contribution in [3.05, 3.63) is 33.9 Å². The number of methoxy groups -OCH3 is 1. The number of nitro groups is 1. The summed E-state index contributed by atoms with van der Waals surface area (Å²) in [5.41, 5.74) is -0.122. The summed E-state index contributed by atoms with van der Waals surface area (Å²) in [5.74, 6) is 3.94. The van der Waals surface area contributed by atoms with Gasteiger partial charge in [-0.05, 0) is 6.07 Å². The van der Waals surface area contributed by atoms with Crippen molar-refractivity contribution in [3.63, 3.8) is 0 Å². The molecule has 6 heteroatoms. The molecule has 1 aromatic carbocycles. The number of carboxylic acids is 1. The van der Waals surface area contributed by atoms with Gasteiger partial charge in [-0.1, -0.05) is 17.9 Å². The third kappa shape index (κ3) is 3.21. The van der Waals surface area contributed by atoms with Gasteiger partial charge in [0.15, 0.2) is 0 Å². The van der Waals surface area contributed by atoms with E-state index in [-0.39, 0.29) is 23.4 Å². The molecular formula is C11H9NO5. The number of nitrogens with zero attached hydrogens (tertiary/aromatic N) is 1. The average molecular weight is 235 g/mol. The Labute approximate surface area is 97.0 Å². The molecule has 0 aliphatic heterocycles. The van der Waals surface area contributed by atoms with Crippen LogP contribution in [0.5, 0.6) is 5.75 Å². The molecule has 17 heavy (non-hydrogen) atoms. The van der Waals surface area contributed by atoms with Crippen molar-refractivity contribution in [1.29, 1.82) is 0 Å². The van der Waals surface area contributed by atoms with E-state index in [0.717, 1.165) is 0 Å². The molecule has 0 saturated heterocycles. The first-order valence-corrected chi connectivity index (χ1v) is 4.58.